The summed E-state index contributed by atoms with van der Waals surface area (Å²) in [7, 11) is 0. The molecule has 0 saturated carbocycles. The molecule has 0 unspecified atom stereocenters. The van der Waals surface area contributed by atoms with Gasteiger partial charge in [0, 0.05) is 4.90 Å². The Balaban J connectivity index is 1.86. The number of amides is 4. The molecule has 1 aromatic rings. The maximum atomic E-state index is 11.9. The van der Waals surface area contributed by atoms with Gasteiger partial charge in [-0.3, -0.25) is 19.7 Å². The lowest BCUT2D eigenvalue weighted by molar-refractivity contribution is -0.148. The van der Waals surface area contributed by atoms with Gasteiger partial charge in [0.15, 0.2) is 6.61 Å². The zero-order valence-electron chi connectivity index (χ0n) is 11.3. The minimum atomic E-state index is -1.03. The molecule has 1 aromatic carbocycles. The van der Waals surface area contributed by atoms with Crippen LogP contribution in [0.2, 0.25) is 0 Å². The van der Waals surface area contributed by atoms with Gasteiger partial charge in [-0.05, 0) is 12.1 Å². The third kappa shape index (κ3) is 4.22. The molecule has 0 aliphatic carbocycles. The summed E-state index contributed by atoms with van der Waals surface area (Å²) in [5.74, 6) is -1.85. The van der Waals surface area contributed by atoms with Gasteiger partial charge in [0.05, 0.1) is 17.4 Å². The standard InChI is InChI=1S/C13H13N3O5S/c14-13(20)16-10(17)6-21-11(18)5-9-12(19)15-7-3-1-2-4-8(7)22-9/h1-4,9H,5-6H2,(H,15,19)(H3,14,16,17,20)/t9-/m0/s1. The summed E-state index contributed by atoms with van der Waals surface area (Å²) in [5, 5.41) is 3.82. The summed E-state index contributed by atoms with van der Waals surface area (Å²) in [6.45, 7) is -0.628. The second-order valence-electron chi connectivity index (χ2n) is 4.37. The maximum absolute atomic E-state index is 11.9. The van der Waals surface area contributed by atoms with Gasteiger partial charge >= 0.3 is 12.0 Å². The lowest BCUT2D eigenvalue weighted by Gasteiger charge is -2.23. The van der Waals surface area contributed by atoms with Gasteiger partial charge in [0.2, 0.25) is 5.91 Å². The van der Waals surface area contributed by atoms with E-state index in [1.54, 1.807) is 17.4 Å². The van der Waals surface area contributed by atoms with Crippen molar-refractivity contribution in [2.45, 2.75) is 16.6 Å². The minimum absolute atomic E-state index is 0.186. The number of esters is 1. The molecule has 1 atom stereocenters. The first-order valence-electron chi connectivity index (χ1n) is 6.27. The van der Waals surface area contributed by atoms with Gasteiger partial charge in [0.1, 0.15) is 0 Å². The van der Waals surface area contributed by atoms with E-state index in [9.17, 15) is 19.2 Å². The smallest absolute Gasteiger partial charge is 0.318 e. The van der Waals surface area contributed by atoms with Gasteiger partial charge < -0.3 is 15.8 Å². The molecule has 116 valence electrons. The molecule has 8 nitrogen and oxygen atoms in total. The molecule has 0 spiro atoms. The second kappa shape index (κ2) is 6.94. The number of hydrogen-bond acceptors (Lipinski definition) is 6. The van der Waals surface area contributed by atoms with E-state index in [0.717, 1.165) is 4.90 Å². The number of fused-ring (bicyclic) bond motifs is 1. The van der Waals surface area contributed by atoms with Crippen LogP contribution in [0.15, 0.2) is 29.2 Å². The number of imide groups is 1. The zero-order valence-corrected chi connectivity index (χ0v) is 12.1. The van der Waals surface area contributed by atoms with Crippen LogP contribution in [0.3, 0.4) is 0 Å². The third-order valence-electron chi connectivity index (χ3n) is 2.69. The highest BCUT2D eigenvalue weighted by molar-refractivity contribution is 8.01. The van der Waals surface area contributed by atoms with Crippen LogP contribution in [-0.2, 0) is 19.1 Å². The topological polar surface area (TPSA) is 128 Å². The van der Waals surface area contributed by atoms with Gasteiger partial charge in [-0.1, -0.05) is 12.1 Å². The SMILES string of the molecule is NC(=O)NC(=O)COC(=O)C[C@@H]1Sc2ccccc2NC1=O. The molecule has 4 amide bonds. The fourth-order valence-electron chi connectivity index (χ4n) is 1.76. The lowest BCUT2D eigenvalue weighted by atomic mass is 10.2. The zero-order chi connectivity index (χ0) is 16.1. The van der Waals surface area contributed by atoms with E-state index in [0.29, 0.717) is 5.69 Å². The average molecular weight is 323 g/mol. The van der Waals surface area contributed by atoms with Crippen molar-refractivity contribution in [2.75, 3.05) is 11.9 Å². The highest BCUT2D eigenvalue weighted by atomic mass is 32.2. The predicted molar refractivity (Wildman–Crippen MR) is 78.0 cm³/mol. The summed E-state index contributed by atoms with van der Waals surface area (Å²) in [5.41, 5.74) is 5.44. The molecule has 0 saturated heterocycles. The van der Waals surface area contributed by atoms with Crippen LogP contribution >= 0.6 is 11.8 Å². The van der Waals surface area contributed by atoms with Crippen LogP contribution in [0.25, 0.3) is 0 Å². The van der Waals surface area contributed by atoms with Crippen LogP contribution in [0, 0.1) is 0 Å². The van der Waals surface area contributed by atoms with E-state index in [2.05, 4.69) is 5.32 Å². The Hall–Kier alpha value is -2.55. The highest BCUT2D eigenvalue weighted by Crippen LogP contribution is 2.36. The van der Waals surface area contributed by atoms with E-state index in [4.69, 9.17) is 10.5 Å². The second-order valence-corrected chi connectivity index (χ2v) is 5.61. The Morgan fingerprint density at radius 1 is 1.32 bits per heavy atom. The number of nitrogens with one attached hydrogen (secondary N) is 2. The first-order chi connectivity index (χ1) is 10.5. The molecule has 1 aliphatic rings. The minimum Gasteiger partial charge on any atom is -0.456 e. The van der Waals surface area contributed by atoms with Crippen LogP contribution in [0.4, 0.5) is 10.5 Å². The molecule has 9 heteroatoms. The van der Waals surface area contributed by atoms with E-state index in [-0.39, 0.29) is 12.3 Å². The van der Waals surface area contributed by atoms with E-state index in [1.165, 1.54) is 11.8 Å². The Morgan fingerprint density at radius 2 is 2.05 bits per heavy atom. The number of primary amides is 1. The van der Waals surface area contributed by atoms with Crippen molar-refractivity contribution in [2.24, 2.45) is 5.73 Å². The molecule has 0 radical (unpaired) electrons. The average Bonchev–Trinajstić information content (AvgIpc) is 2.45. The number of hydrogen-bond donors (Lipinski definition) is 3. The number of carbonyl (C=O) groups is 4. The molecule has 2 rings (SSSR count). The number of thioether (sulfide) groups is 1. The fraction of sp³-hybridized carbons (Fsp3) is 0.231. The van der Waals surface area contributed by atoms with Crippen LogP contribution in [0.5, 0.6) is 0 Å². The Morgan fingerprint density at radius 3 is 2.77 bits per heavy atom. The van der Waals surface area contributed by atoms with Crippen molar-refractivity contribution in [3.63, 3.8) is 0 Å². The molecule has 0 aromatic heterocycles. The Bertz CT molecular complexity index is 634. The third-order valence-corrected chi connectivity index (χ3v) is 3.96. The molecule has 1 aliphatic heterocycles. The summed E-state index contributed by atoms with van der Waals surface area (Å²) < 4.78 is 4.69. The lowest BCUT2D eigenvalue weighted by Crippen LogP contribution is -2.38. The normalized spacial score (nSPS) is 16.2. The molecule has 1 heterocycles. The molecule has 22 heavy (non-hydrogen) atoms. The summed E-state index contributed by atoms with van der Waals surface area (Å²) >= 11 is 1.25. The van der Waals surface area contributed by atoms with Crippen molar-refractivity contribution in [1.29, 1.82) is 0 Å². The quantitative estimate of drug-likeness (QED) is 0.680. The van der Waals surface area contributed by atoms with Gasteiger partial charge in [-0.25, -0.2) is 4.79 Å². The number of urea groups is 1. The number of carbonyl (C=O) groups excluding carboxylic acids is 4. The number of ether oxygens (including phenoxy) is 1. The summed E-state index contributed by atoms with van der Waals surface area (Å²) in [6.07, 6.45) is -0.186. The highest BCUT2D eigenvalue weighted by Gasteiger charge is 2.29. The molecular weight excluding hydrogens is 310 g/mol. The van der Waals surface area contributed by atoms with E-state index >= 15 is 0 Å². The summed E-state index contributed by atoms with van der Waals surface area (Å²) in [6, 6.07) is 6.19. The molecular formula is C13H13N3O5S. The van der Waals surface area contributed by atoms with Crippen molar-refractivity contribution >= 4 is 41.3 Å². The van der Waals surface area contributed by atoms with Crippen LogP contribution < -0.4 is 16.4 Å². The largest absolute Gasteiger partial charge is 0.456 e. The Labute approximate surface area is 129 Å². The number of nitrogens with two attached hydrogens (primary N) is 1. The Kier molecular flexibility index (Phi) is 4.99. The fourth-order valence-corrected chi connectivity index (χ4v) is 2.85. The van der Waals surface area contributed by atoms with Crippen LogP contribution in [-0.4, -0.2) is 35.7 Å². The first-order valence-corrected chi connectivity index (χ1v) is 7.15. The first kappa shape index (κ1) is 15.8. The molecule has 4 N–H and O–H groups in total. The van der Waals surface area contributed by atoms with E-state index < -0.39 is 29.8 Å². The number of anilines is 1. The van der Waals surface area contributed by atoms with Crippen LogP contribution in [0.1, 0.15) is 6.42 Å². The van der Waals surface area contributed by atoms with Gasteiger partial charge in [-0.2, -0.15) is 0 Å². The number of rotatable bonds is 4. The van der Waals surface area contributed by atoms with Crippen molar-refractivity contribution in [3.8, 4) is 0 Å². The number of para-hydroxylation sites is 1. The number of benzene rings is 1. The predicted octanol–water partition coefficient (Wildman–Crippen LogP) is 0.228. The monoisotopic (exact) mass is 323 g/mol. The van der Waals surface area contributed by atoms with Gasteiger partial charge in [0.25, 0.3) is 5.91 Å². The van der Waals surface area contributed by atoms with E-state index in [1.807, 2.05) is 12.1 Å². The van der Waals surface area contributed by atoms with Crippen molar-refractivity contribution in [3.05, 3.63) is 24.3 Å². The maximum Gasteiger partial charge on any atom is 0.318 e. The molecule has 0 bridgehead atoms. The summed E-state index contributed by atoms with van der Waals surface area (Å²) in [4.78, 5) is 45.9. The van der Waals surface area contributed by atoms with Gasteiger partial charge in [-0.15, -0.1) is 11.8 Å². The van der Waals surface area contributed by atoms with Crippen molar-refractivity contribution < 1.29 is 23.9 Å². The van der Waals surface area contributed by atoms with Crippen molar-refractivity contribution in [1.82, 2.24) is 5.32 Å². The molecule has 0 fully saturated rings.